The number of rotatable bonds is 9. The van der Waals surface area contributed by atoms with Crippen LogP contribution in [-0.4, -0.2) is 32.2 Å². The van der Waals surface area contributed by atoms with Gasteiger partial charge in [0.05, 0.1) is 5.75 Å². The van der Waals surface area contributed by atoms with Crippen molar-refractivity contribution in [3.8, 4) is 0 Å². The molecule has 2 N–H and O–H groups in total. The normalized spacial score (nSPS) is 13.4. The van der Waals surface area contributed by atoms with Gasteiger partial charge in [-0.15, -0.1) is 0 Å². The minimum absolute atomic E-state index is 0.174. The lowest BCUT2D eigenvalue weighted by atomic mass is 10.1. The van der Waals surface area contributed by atoms with Crippen LogP contribution in [0.2, 0.25) is 0 Å². The molecule has 0 bridgehead atoms. The van der Waals surface area contributed by atoms with Crippen LogP contribution in [0.15, 0.2) is 24.5 Å². The molecule has 1 atom stereocenters. The topological polar surface area (TPSA) is 71.1 Å². The summed E-state index contributed by atoms with van der Waals surface area (Å²) in [6.07, 6.45) is 4.87. The van der Waals surface area contributed by atoms with Gasteiger partial charge in [-0.2, -0.15) is 0 Å². The van der Waals surface area contributed by atoms with E-state index in [-0.39, 0.29) is 11.8 Å². The van der Waals surface area contributed by atoms with Gasteiger partial charge in [-0.1, -0.05) is 6.92 Å². The Morgan fingerprint density at radius 3 is 2.58 bits per heavy atom. The Morgan fingerprint density at radius 2 is 1.95 bits per heavy atom. The van der Waals surface area contributed by atoms with Crippen molar-refractivity contribution in [1.82, 2.24) is 15.0 Å². The molecule has 6 heteroatoms. The third-order valence-electron chi connectivity index (χ3n) is 2.83. The van der Waals surface area contributed by atoms with Crippen LogP contribution in [0.5, 0.6) is 0 Å². The van der Waals surface area contributed by atoms with Crippen molar-refractivity contribution in [1.29, 1.82) is 0 Å². The smallest absolute Gasteiger partial charge is 0.212 e. The van der Waals surface area contributed by atoms with E-state index in [0.29, 0.717) is 6.42 Å². The van der Waals surface area contributed by atoms with E-state index < -0.39 is 10.0 Å². The van der Waals surface area contributed by atoms with Gasteiger partial charge in [-0.25, -0.2) is 13.1 Å². The molecule has 1 unspecified atom stereocenters. The Bertz CT molecular complexity index is 448. The van der Waals surface area contributed by atoms with Crippen LogP contribution in [0.1, 0.15) is 38.3 Å². The van der Waals surface area contributed by atoms with Crippen LogP contribution in [0, 0.1) is 0 Å². The number of pyridine rings is 1. The second-order valence-electron chi connectivity index (χ2n) is 4.50. The number of sulfonamides is 1. The average Bonchev–Trinajstić information content (AvgIpc) is 2.39. The molecular formula is C13H23N3O2S. The third-order valence-corrected chi connectivity index (χ3v) is 4.37. The SMILES string of the molecule is CCNCCCCS(=O)(=O)NC(C)c1ccncc1. The van der Waals surface area contributed by atoms with Crippen LogP contribution in [0.3, 0.4) is 0 Å². The number of aromatic nitrogens is 1. The highest BCUT2D eigenvalue weighted by Gasteiger charge is 2.15. The lowest BCUT2D eigenvalue weighted by molar-refractivity contribution is 0.560. The van der Waals surface area contributed by atoms with Gasteiger partial charge in [0.25, 0.3) is 0 Å². The molecule has 0 aliphatic heterocycles. The van der Waals surface area contributed by atoms with E-state index >= 15 is 0 Å². The molecule has 0 amide bonds. The Balaban J connectivity index is 2.38. The van der Waals surface area contributed by atoms with Gasteiger partial charge in [0, 0.05) is 18.4 Å². The maximum absolute atomic E-state index is 11.9. The number of nitrogens with zero attached hydrogens (tertiary/aromatic N) is 1. The molecule has 5 nitrogen and oxygen atoms in total. The van der Waals surface area contributed by atoms with Crippen molar-refractivity contribution < 1.29 is 8.42 Å². The molecule has 0 saturated carbocycles. The molecule has 0 saturated heterocycles. The maximum Gasteiger partial charge on any atom is 0.212 e. The fraction of sp³-hybridized carbons (Fsp3) is 0.615. The zero-order valence-electron chi connectivity index (χ0n) is 11.6. The van der Waals surface area contributed by atoms with Crippen LogP contribution < -0.4 is 10.0 Å². The summed E-state index contributed by atoms with van der Waals surface area (Å²) in [5.41, 5.74) is 0.922. The van der Waals surface area contributed by atoms with Gasteiger partial charge < -0.3 is 5.32 Å². The van der Waals surface area contributed by atoms with E-state index in [0.717, 1.165) is 25.1 Å². The van der Waals surface area contributed by atoms with E-state index in [9.17, 15) is 8.42 Å². The van der Waals surface area contributed by atoms with Gasteiger partial charge >= 0.3 is 0 Å². The van der Waals surface area contributed by atoms with Gasteiger partial charge in [0.2, 0.25) is 10.0 Å². The molecule has 0 radical (unpaired) electrons. The molecule has 1 aromatic heterocycles. The average molecular weight is 285 g/mol. The fourth-order valence-electron chi connectivity index (χ4n) is 1.77. The number of unbranched alkanes of at least 4 members (excludes halogenated alkanes) is 1. The molecule has 0 fully saturated rings. The predicted octanol–water partition coefficient (Wildman–Crippen LogP) is 1.45. The number of hydrogen-bond donors (Lipinski definition) is 2. The first-order valence-corrected chi connectivity index (χ1v) is 8.31. The second kappa shape index (κ2) is 8.24. The van der Waals surface area contributed by atoms with Crippen molar-refractivity contribution in [2.75, 3.05) is 18.8 Å². The molecule has 0 aliphatic carbocycles. The third kappa shape index (κ3) is 6.66. The van der Waals surface area contributed by atoms with Crippen molar-refractivity contribution >= 4 is 10.0 Å². The summed E-state index contributed by atoms with van der Waals surface area (Å²) >= 11 is 0. The first kappa shape index (κ1) is 16.1. The van der Waals surface area contributed by atoms with Crippen molar-refractivity contribution in [2.24, 2.45) is 0 Å². The molecular weight excluding hydrogens is 262 g/mol. The minimum atomic E-state index is -3.21. The molecule has 0 spiro atoms. The minimum Gasteiger partial charge on any atom is -0.317 e. The zero-order chi connectivity index (χ0) is 14.1. The van der Waals surface area contributed by atoms with E-state index in [1.54, 1.807) is 12.4 Å². The number of nitrogens with one attached hydrogen (secondary N) is 2. The molecule has 0 aliphatic rings. The standard InChI is InChI=1S/C13H23N3O2S/c1-3-14-8-4-5-11-19(17,18)16-12(2)13-6-9-15-10-7-13/h6-7,9-10,12,14,16H,3-5,8,11H2,1-2H3. The van der Waals surface area contributed by atoms with Gasteiger partial charge in [-0.05, 0) is 50.6 Å². The van der Waals surface area contributed by atoms with Crippen molar-refractivity contribution in [3.05, 3.63) is 30.1 Å². The highest BCUT2D eigenvalue weighted by Crippen LogP contribution is 2.12. The van der Waals surface area contributed by atoms with Gasteiger partial charge in [0.1, 0.15) is 0 Å². The maximum atomic E-state index is 11.9. The second-order valence-corrected chi connectivity index (χ2v) is 6.37. The van der Waals surface area contributed by atoms with Crippen LogP contribution in [-0.2, 0) is 10.0 Å². The first-order chi connectivity index (χ1) is 9.05. The molecule has 1 rings (SSSR count). The van der Waals surface area contributed by atoms with Crippen LogP contribution >= 0.6 is 0 Å². The largest absolute Gasteiger partial charge is 0.317 e. The highest BCUT2D eigenvalue weighted by molar-refractivity contribution is 7.89. The van der Waals surface area contributed by atoms with Gasteiger partial charge in [-0.3, -0.25) is 4.98 Å². The van der Waals surface area contributed by atoms with Crippen LogP contribution in [0.4, 0.5) is 0 Å². The van der Waals surface area contributed by atoms with E-state index in [1.807, 2.05) is 26.0 Å². The summed E-state index contributed by atoms with van der Waals surface area (Å²) in [7, 11) is -3.21. The first-order valence-electron chi connectivity index (χ1n) is 6.66. The summed E-state index contributed by atoms with van der Waals surface area (Å²) in [5, 5.41) is 3.18. The van der Waals surface area contributed by atoms with E-state index in [2.05, 4.69) is 15.0 Å². The highest BCUT2D eigenvalue weighted by atomic mass is 32.2. The summed E-state index contributed by atoms with van der Waals surface area (Å²) < 4.78 is 26.5. The Kier molecular flexibility index (Phi) is 6.97. The van der Waals surface area contributed by atoms with Crippen LogP contribution in [0.25, 0.3) is 0 Å². The fourth-order valence-corrected chi connectivity index (χ4v) is 3.14. The molecule has 19 heavy (non-hydrogen) atoms. The lowest BCUT2D eigenvalue weighted by Gasteiger charge is -2.14. The monoisotopic (exact) mass is 285 g/mol. The number of hydrogen-bond acceptors (Lipinski definition) is 4. The van der Waals surface area contributed by atoms with E-state index in [1.165, 1.54) is 0 Å². The van der Waals surface area contributed by atoms with Crippen molar-refractivity contribution in [3.63, 3.8) is 0 Å². The molecule has 108 valence electrons. The molecule has 1 heterocycles. The summed E-state index contributed by atoms with van der Waals surface area (Å²) in [5.74, 6) is 0.174. The molecule has 1 aromatic rings. The quantitative estimate of drug-likeness (QED) is 0.674. The van der Waals surface area contributed by atoms with Gasteiger partial charge in [0.15, 0.2) is 0 Å². The molecule has 0 aromatic carbocycles. The Hall–Kier alpha value is -0.980. The summed E-state index contributed by atoms with van der Waals surface area (Å²) in [6.45, 7) is 5.66. The van der Waals surface area contributed by atoms with Crippen molar-refractivity contribution in [2.45, 2.75) is 32.7 Å². The zero-order valence-corrected chi connectivity index (χ0v) is 12.4. The lowest BCUT2D eigenvalue weighted by Crippen LogP contribution is -2.29. The summed E-state index contributed by atoms with van der Waals surface area (Å²) in [4.78, 5) is 3.92. The predicted molar refractivity (Wildman–Crippen MR) is 77.4 cm³/mol. The Labute approximate surface area is 115 Å². The Morgan fingerprint density at radius 1 is 1.26 bits per heavy atom. The summed E-state index contributed by atoms with van der Waals surface area (Å²) in [6, 6.07) is 3.42. The van der Waals surface area contributed by atoms with E-state index in [4.69, 9.17) is 0 Å².